The minimum absolute atomic E-state index is 0.181. The normalized spacial score (nSPS) is 13.6. The van der Waals surface area contributed by atoms with E-state index < -0.39 is 24.3 Å². The SMILES string of the molecule is CC/C=C\C/C=C\C/C=C\C/C=C\C/C=C\C/C=C\C/C=C\CCCCCCCCCCCCCCCCCC(=O)OC(COC(=O)CCCCCCCCC/C=C\C/C=C\C/C=C\CC)COC(OCC[N+](C)(C)C)C(=O)O. The van der Waals surface area contributed by atoms with E-state index in [1.165, 1.54) is 96.3 Å². The average Bonchev–Trinajstić information content (AvgIpc) is 3.42. The van der Waals surface area contributed by atoms with E-state index >= 15 is 0 Å². The molecule has 9 heteroatoms. The largest absolute Gasteiger partial charge is 0.477 e. The Kier molecular flexibility index (Phi) is 56.5. The maximum Gasteiger partial charge on any atom is 0.361 e. The number of nitrogens with zero attached hydrogens (tertiary/aromatic N) is 1. The Morgan fingerprint density at radius 2 is 0.684 bits per heavy atom. The molecule has 9 nitrogen and oxygen atoms in total. The third-order valence-electron chi connectivity index (χ3n) is 13.2. The van der Waals surface area contributed by atoms with Gasteiger partial charge in [-0.1, -0.05) is 251 Å². The Bertz CT molecular complexity index is 1710. The molecule has 0 aromatic carbocycles. The van der Waals surface area contributed by atoms with E-state index in [1.807, 2.05) is 21.1 Å². The predicted octanol–water partition coefficient (Wildman–Crippen LogP) is 19.2. The van der Waals surface area contributed by atoms with E-state index in [2.05, 4.69) is 135 Å². The Morgan fingerprint density at radius 1 is 0.380 bits per heavy atom. The van der Waals surface area contributed by atoms with Crippen molar-refractivity contribution < 1.29 is 42.9 Å². The van der Waals surface area contributed by atoms with Crippen LogP contribution in [0.2, 0.25) is 0 Å². The molecule has 0 spiro atoms. The topological polar surface area (TPSA) is 108 Å². The van der Waals surface area contributed by atoms with Crippen LogP contribution in [-0.2, 0) is 33.3 Å². The van der Waals surface area contributed by atoms with Crippen molar-refractivity contribution in [3.05, 3.63) is 122 Å². The molecule has 450 valence electrons. The highest BCUT2D eigenvalue weighted by Gasteiger charge is 2.25. The van der Waals surface area contributed by atoms with Gasteiger partial charge < -0.3 is 28.5 Å². The van der Waals surface area contributed by atoms with Gasteiger partial charge in [0.1, 0.15) is 13.2 Å². The highest BCUT2D eigenvalue weighted by Crippen LogP contribution is 2.16. The van der Waals surface area contributed by atoms with Gasteiger partial charge in [0.15, 0.2) is 6.10 Å². The molecule has 0 aliphatic rings. The molecule has 0 saturated carbocycles. The van der Waals surface area contributed by atoms with E-state index in [1.54, 1.807) is 0 Å². The summed E-state index contributed by atoms with van der Waals surface area (Å²) >= 11 is 0. The number of rotatable bonds is 57. The maximum absolute atomic E-state index is 12.9. The van der Waals surface area contributed by atoms with Gasteiger partial charge in [-0.05, 0) is 103 Å². The molecule has 0 aliphatic carbocycles. The zero-order valence-corrected chi connectivity index (χ0v) is 51.2. The molecule has 0 aromatic heterocycles. The van der Waals surface area contributed by atoms with Crippen molar-refractivity contribution in [3.8, 4) is 0 Å². The zero-order chi connectivity index (χ0) is 57.6. The lowest BCUT2D eigenvalue weighted by Gasteiger charge is -2.25. The standard InChI is InChI=1S/C70H117NO8/c1-6-8-10-12-14-16-18-20-22-24-25-26-27-28-29-30-31-32-33-34-35-36-37-38-39-40-41-42-43-45-47-49-51-53-55-57-59-61-68(73)79-66(65-78-70(69(74)75)76-63-62-71(3,4)5)64-77-67(72)60-58-56-54-52-50-48-46-44-23-21-19-17-15-13-11-9-7-2/h8-11,14-17,20-23,25-26,28-29,31-32,34-35,66,70H,6-7,12-13,18-19,24,27,30,33,36-65H2,1-5H3/p+1/b10-8-,11-9-,16-14-,17-15-,22-20-,23-21-,26-25-,29-28-,32-31-,35-34-. The number of hydrogen-bond acceptors (Lipinski definition) is 7. The van der Waals surface area contributed by atoms with Gasteiger partial charge in [0.25, 0.3) is 6.29 Å². The lowest BCUT2D eigenvalue weighted by atomic mass is 10.0. The summed E-state index contributed by atoms with van der Waals surface area (Å²) in [6, 6.07) is 0. The van der Waals surface area contributed by atoms with Gasteiger partial charge in [-0.2, -0.15) is 0 Å². The molecule has 0 fully saturated rings. The molecule has 0 bridgehead atoms. The van der Waals surface area contributed by atoms with Crippen LogP contribution >= 0.6 is 0 Å². The first-order valence-electron chi connectivity index (χ1n) is 31.7. The number of aliphatic carboxylic acids is 1. The average molecular weight is 1100 g/mol. The van der Waals surface area contributed by atoms with Crippen molar-refractivity contribution >= 4 is 17.9 Å². The number of carboxylic acids is 1. The second-order valence-electron chi connectivity index (χ2n) is 22.0. The first kappa shape index (κ1) is 74.7. The number of likely N-dealkylation sites (N-methyl/N-ethyl adjacent to an activating group) is 1. The fraction of sp³-hybridized carbons (Fsp3) is 0.671. The van der Waals surface area contributed by atoms with Crippen LogP contribution in [0.1, 0.15) is 245 Å². The number of carboxylic acid groups (broad SMARTS) is 1. The molecule has 0 saturated heterocycles. The van der Waals surface area contributed by atoms with Gasteiger partial charge in [-0.25, -0.2) is 4.79 Å². The van der Waals surface area contributed by atoms with Crippen LogP contribution in [0.5, 0.6) is 0 Å². The molecular weight excluding hydrogens is 983 g/mol. The lowest BCUT2D eigenvalue weighted by molar-refractivity contribution is -0.870. The highest BCUT2D eigenvalue weighted by molar-refractivity contribution is 5.71. The lowest BCUT2D eigenvalue weighted by Crippen LogP contribution is -2.40. The van der Waals surface area contributed by atoms with E-state index in [0.717, 1.165) is 116 Å². The first-order valence-corrected chi connectivity index (χ1v) is 31.7. The molecule has 2 atom stereocenters. The summed E-state index contributed by atoms with van der Waals surface area (Å²) in [5.74, 6) is -2.02. The monoisotopic (exact) mass is 1100 g/mol. The molecule has 0 rings (SSSR count). The molecule has 0 aromatic rings. The minimum Gasteiger partial charge on any atom is -0.477 e. The molecular formula is C70H118NO8+. The van der Waals surface area contributed by atoms with E-state index in [-0.39, 0.29) is 38.6 Å². The molecule has 79 heavy (non-hydrogen) atoms. The van der Waals surface area contributed by atoms with E-state index in [0.29, 0.717) is 17.4 Å². The molecule has 1 N–H and O–H groups in total. The second-order valence-corrected chi connectivity index (χ2v) is 22.0. The van der Waals surface area contributed by atoms with Gasteiger partial charge in [-0.3, -0.25) is 9.59 Å². The van der Waals surface area contributed by atoms with Crippen molar-refractivity contribution in [1.29, 1.82) is 0 Å². The van der Waals surface area contributed by atoms with Gasteiger partial charge in [0.2, 0.25) is 0 Å². The number of hydrogen-bond donors (Lipinski definition) is 1. The Balaban J connectivity index is 4.12. The van der Waals surface area contributed by atoms with Gasteiger partial charge in [0, 0.05) is 12.8 Å². The number of ether oxygens (including phenoxy) is 4. The number of allylic oxidation sites excluding steroid dienone is 20. The van der Waals surface area contributed by atoms with E-state index in [9.17, 15) is 19.5 Å². The van der Waals surface area contributed by atoms with Crippen molar-refractivity contribution in [2.75, 3.05) is 47.5 Å². The fourth-order valence-electron chi connectivity index (χ4n) is 8.42. The van der Waals surface area contributed by atoms with Gasteiger partial charge >= 0.3 is 17.9 Å². The van der Waals surface area contributed by atoms with Crippen LogP contribution in [0.4, 0.5) is 0 Å². The van der Waals surface area contributed by atoms with Crippen molar-refractivity contribution in [3.63, 3.8) is 0 Å². The zero-order valence-electron chi connectivity index (χ0n) is 51.2. The Morgan fingerprint density at radius 3 is 1.01 bits per heavy atom. The minimum atomic E-state index is -1.52. The fourth-order valence-corrected chi connectivity index (χ4v) is 8.42. The first-order chi connectivity index (χ1) is 38.6. The summed E-state index contributed by atoms with van der Waals surface area (Å²) in [6.45, 7) is 4.64. The summed E-state index contributed by atoms with van der Waals surface area (Å²) in [5, 5.41) is 9.71. The van der Waals surface area contributed by atoms with E-state index in [4.69, 9.17) is 18.9 Å². The van der Waals surface area contributed by atoms with Crippen LogP contribution in [0.3, 0.4) is 0 Å². The molecule has 0 heterocycles. The third kappa shape index (κ3) is 61.2. The van der Waals surface area contributed by atoms with Crippen LogP contribution in [-0.4, -0.2) is 87.4 Å². The molecule has 0 radical (unpaired) electrons. The number of carbonyl (C=O) groups excluding carboxylic acids is 2. The summed E-state index contributed by atoms with van der Waals surface area (Å²) in [4.78, 5) is 37.5. The maximum atomic E-state index is 12.9. The summed E-state index contributed by atoms with van der Waals surface area (Å²) in [6.07, 6.45) is 81.5. The highest BCUT2D eigenvalue weighted by atomic mass is 16.7. The number of carbonyl (C=O) groups is 3. The number of quaternary nitrogens is 1. The van der Waals surface area contributed by atoms with Gasteiger partial charge in [0.05, 0.1) is 34.4 Å². The Hall–Kier alpha value is -4.31. The molecule has 2 unspecified atom stereocenters. The summed E-state index contributed by atoms with van der Waals surface area (Å²) in [7, 11) is 5.96. The van der Waals surface area contributed by atoms with Crippen molar-refractivity contribution in [2.24, 2.45) is 0 Å². The van der Waals surface area contributed by atoms with Crippen LogP contribution in [0, 0.1) is 0 Å². The smallest absolute Gasteiger partial charge is 0.361 e. The van der Waals surface area contributed by atoms with Crippen LogP contribution in [0.25, 0.3) is 0 Å². The van der Waals surface area contributed by atoms with Crippen LogP contribution in [0.15, 0.2) is 122 Å². The van der Waals surface area contributed by atoms with Crippen molar-refractivity contribution in [2.45, 2.75) is 257 Å². The Labute approximate surface area is 485 Å². The number of esters is 2. The van der Waals surface area contributed by atoms with Gasteiger partial charge in [-0.15, -0.1) is 0 Å². The molecule has 0 amide bonds. The molecule has 0 aliphatic heterocycles. The number of unbranched alkanes of at least 4 members (excludes halogenated alkanes) is 22. The summed E-state index contributed by atoms with van der Waals surface area (Å²) in [5.41, 5.74) is 0. The third-order valence-corrected chi connectivity index (χ3v) is 13.2. The summed E-state index contributed by atoms with van der Waals surface area (Å²) < 4.78 is 22.9. The van der Waals surface area contributed by atoms with Crippen LogP contribution < -0.4 is 0 Å². The quantitative estimate of drug-likeness (QED) is 0.0211. The predicted molar refractivity (Wildman–Crippen MR) is 336 cm³/mol. The van der Waals surface area contributed by atoms with Crippen molar-refractivity contribution in [1.82, 2.24) is 0 Å². The second kappa shape index (κ2) is 59.8.